The van der Waals surface area contributed by atoms with Gasteiger partial charge in [-0.2, -0.15) is 5.10 Å². The van der Waals surface area contributed by atoms with Gasteiger partial charge >= 0.3 is 0 Å². The van der Waals surface area contributed by atoms with Crippen LogP contribution in [0.4, 0.5) is 11.6 Å². The molecule has 1 saturated carbocycles. The molecule has 10 heteroatoms. The summed E-state index contributed by atoms with van der Waals surface area (Å²) in [5, 5.41) is 18.4. The number of nitrogens with zero attached hydrogens (tertiary/aromatic N) is 7. The van der Waals surface area contributed by atoms with E-state index in [0.717, 1.165) is 62.4 Å². The van der Waals surface area contributed by atoms with E-state index in [-0.39, 0.29) is 0 Å². The van der Waals surface area contributed by atoms with Gasteiger partial charge in [-0.3, -0.25) is 9.25 Å². The number of nitrogens with one attached hydrogen (secondary N) is 2. The van der Waals surface area contributed by atoms with E-state index in [4.69, 9.17) is 9.72 Å². The molecule has 2 N–H and O–H groups in total. The Kier molecular flexibility index (Phi) is 4.20. The van der Waals surface area contributed by atoms with Crippen LogP contribution >= 0.6 is 0 Å². The van der Waals surface area contributed by atoms with Gasteiger partial charge in [-0.15, -0.1) is 10.2 Å². The largest absolute Gasteiger partial charge is 0.495 e. The summed E-state index contributed by atoms with van der Waals surface area (Å²) in [6.45, 7) is 5.75. The van der Waals surface area contributed by atoms with Gasteiger partial charge in [0.15, 0.2) is 0 Å². The third-order valence-electron chi connectivity index (χ3n) is 6.23. The fraction of sp³-hybridized carbons (Fsp3) is 0.348. The molecule has 10 nitrogen and oxygen atoms in total. The number of aromatic amines is 1. The number of H-pyrrole nitrogens is 1. The van der Waals surface area contributed by atoms with Crippen molar-refractivity contribution in [1.82, 2.24) is 39.5 Å². The summed E-state index contributed by atoms with van der Waals surface area (Å²) in [6.07, 6.45) is 2.42. The molecule has 5 aromatic rings. The highest BCUT2D eigenvalue weighted by Crippen LogP contribution is 2.41. The van der Waals surface area contributed by atoms with E-state index in [0.29, 0.717) is 11.7 Å². The molecule has 1 aliphatic rings. The highest BCUT2D eigenvalue weighted by atomic mass is 16.5. The predicted octanol–water partition coefficient (Wildman–Crippen LogP) is 3.98. The average Bonchev–Trinajstić information content (AvgIpc) is 3.37. The van der Waals surface area contributed by atoms with Gasteiger partial charge in [0, 0.05) is 24.4 Å². The minimum atomic E-state index is 0.583. The van der Waals surface area contributed by atoms with Crippen LogP contribution in [-0.2, 0) is 7.05 Å². The SMILES string of the molecule is COc1cc2c(cc1-n1c(C)nnc1C)[nH]c1nc(C)nc(Nc3cc(C4CC4)nn3C)c12. The molecule has 4 aromatic heterocycles. The van der Waals surface area contributed by atoms with Crippen molar-refractivity contribution in [3.8, 4) is 11.4 Å². The molecule has 0 amide bonds. The molecule has 1 aliphatic carbocycles. The van der Waals surface area contributed by atoms with E-state index in [9.17, 15) is 0 Å². The Bertz CT molecular complexity index is 1520. The first-order valence-electron chi connectivity index (χ1n) is 11.0. The summed E-state index contributed by atoms with van der Waals surface area (Å²) in [5.74, 6) is 5.21. The van der Waals surface area contributed by atoms with Crippen molar-refractivity contribution in [1.29, 1.82) is 0 Å². The lowest BCUT2D eigenvalue weighted by Gasteiger charge is -2.12. The molecule has 33 heavy (non-hydrogen) atoms. The van der Waals surface area contributed by atoms with Crippen molar-refractivity contribution in [3.05, 3.63) is 41.4 Å². The molecule has 0 aliphatic heterocycles. The Hall–Kier alpha value is -3.95. The van der Waals surface area contributed by atoms with Crippen molar-refractivity contribution >= 4 is 33.6 Å². The van der Waals surface area contributed by atoms with Crippen LogP contribution < -0.4 is 10.1 Å². The zero-order valence-corrected chi connectivity index (χ0v) is 19.3. The van der Waals surface area contributed by atoms with Crippen LogP contribution in [0.25, 0.3) is 27.6 Å². The number of rotatable bonds is 5. The number of methoxy groups -OCH3 is 1. The van der Waals surface area contributed by atoms with Gasteiger partial charge < -0.3 is 15.0 Å². The first-order chi connectivity index (χ1) is 15.9. The van der Waals surface area contributed by atoms with Crippen LogP contribution in [0.3, 0.4) is 0 Å². The number of aromatic nitrogens is 8. The van der Waals surface area contributed by atoms with Crippen LogP contribution in [0.15, 0.2) is 18.2 Å². The Morgan fingerprint density at radius 2 is 1.82 bits per heavy atom. The molecular formula is C23H25N9O. The topological polar surface area (TPSA) is 111 Å². The van der Waals surface area contributed by atoms with E-state index in [2.05, 4.69) is 36.6 Å². The number of aryl methyl sites for hydroxylation is 4. The Labute approximate surface area is 190 Å². The predicted molar refractivity (Wildman–Crippen MR) is 126 cm³/mol. The van der Waals surface area contributed by atoms with Crippen LogP contribution in [0.1, 0.15) is 41.9 Å². The van der Waals surface area contributed by atoms with Gasteiger partial charge in [0.2, 0.25) is 0 Å². The quantitative estimate of drug-likeness (QED) is 0.423. The molecule has 0 radical (unpaired) electrons. The van der Waals surface area contributed by atoms with Gasteiger partial charge in [-0.05, 0) is 45.7 Å². The lowest BCUT2D eigenvalue weighted by atomic mass is 10.1. The van der Waals surface area contributed by atoms with Crippen LogP contribution in [0.5, 0.6) is 5.75 Å². The number of benzene rings is 1. The van der Waals surface area contributed by atoms with Crippen LogP contribution in [0.2, 0.25) is 0 Å². The zero-order chi connectivity index (χ0) is 22.9. The number of hydrogen-bond donors (Lipinski definition) is 2. The smallest absolute Gasteiger partial charge is 0.145 e. The van der Waals surface area contributed by atoms with Crippen LogP contribution in [0, 0.1) is 20.8 Å². The minimum absolute atomic E-state index is 0.583. The minimum Gasteiger partial charge on any atom is -0.495 e. The summed E-state index contributed by atoms with van der Waals surface area (Å²) < 4.78 is 9.64. The molecule has 0 unspecified atom stereocenters. The van der Waals surface area contributed by atoms with Gasteiger partial charge in [-0.1, -0.05) is 0 Å². The first kappa shape index (κ1) is 19.7. The van der Waals surface area contributed by atoms with Gasteiger partial charge in [0.25, 0.3) is 0 Å². The fourth-order valence-corrected chi connectivity index (χ4v) is 4.48. The molecule has 0 saturated heterocycles. The number of ether oxygens (including phenoxy) is 1. The number of fused-ring (bicyclic) bond motifs is 3. The maximum Gasteiger partial charge on any atom is 0.145 e. The summed E-state index contributed by atoms with van der Waals surface area (Å²) in [5.41, 5.74) is 3.70. The van der Waals surface area contributed by atoms with Crippen molar-refractivity contribution < 1.29 is 4.74 Å². The molecule has 1 fully saturated rings. The average molecular weight is 444 g/mol. The molecule has 4 heterocycles. The third kappa shape index (κ3) is 3.12. The molecule has 0 atom stereocenters. The second-order valence-electron chi connectivity index (χ2n) is 8.64. The Balaban J connectivity index is 1.54. The molecule has 168 valence electrons. The third-order valence-corrected chi connectivity index (χ3v) is 6.23. The van der Waals surface area contributed by atoms with Crippen LogP contribution in [-0.4, -0.2) is 46.6 Å². The lowest BCUT2D eigenvalue weighted by molar-refractivity contribution is 0.413. The molecule has 1 aromatic carbocycles. The Morgan fingerprint density at radius 1 is 1.06 bits per heavy atom. The van der Waals surface area contributed by atoms with E-state index < -0.39 is 0 Å². The van der Waals surface area contributed by atoms with Crippen molar-refractivity contribution in [2.75, 3.05) is 12.4 Å². The van der Waals surface area contributed by atoms with Gasteiger partial charge in [0.05, 0.1) is 29.4 Å². The first-order valence-corrected chi connectivity index (χ1v) is 11.0. The fourth-order valence-electron chi connectivity index (χ4n) is 4.48. The second kappa shape index (κ2) is 7.03. The van der Waals surface area contributed by atoms with Crippen molar-refractivity contribution in [3.63, 3.8) is 0 Å². The second-order valence-corrected chi connectivity index (χ2v) is 8.64. The van der Waals surface area contributed by atoms with Gasteiger partial charge in [-0.25, -0.2) is 9.97 Å². The van der Waals surface area contributed by atoms with Crippen molar-refractivity contribution in [2.45, 2.75) is 39.5 Å². The highest BCUT2D eigenvalue weighted by Gasteiger charge is 2.27. The summed E-state index contributed by atoms with van der Waals surface area (Å²) >= 11 is 0. The summed E-state index contributed by atoms with van der Waals surface area (Å²) in [6, 6.07) is 6.19. The number of anilines is 2. The molecular weight excluding hydrogens is 418 g/mol. The Morgan fingerprint density at radius 3 is 2.52 bits per heavy atom. The summed E-state index contributed by atoms with van der Waals surface area (Å²) in [7, 11) is 3.62. The number of hydrogen-bond acceptors (Lipinski definition) is 7. The van der Waals surface area contributed by atoms with Crippen molar-refractivity contribution in [2.24, 2.45) is 7.05 Å². The highest BCUT2D eigenvalue weighted by molar-refractivity contribution is 6.12. The maximum absolute atomic E-state index is 5.78. The van der Waals surface area contributed by atoms with E-state index in [1.807, 2.05) is 49.2 Å². The monoisotopic (exact) mass is 443 g/mol. The normalized spacial score (nSPS) is 13.8. The molecule has 0 spiro atoms. The van der Waals surface area contributed by atoms with E-state index >= 15 is 0 Å². The lowest BCUT2D eigenvalue weighted by Crippen LogP contribution is -2.03. The summed E-state index contributed by atoms with van der Waals surface area (Å²) in [4.78, 5) is 12.9. The van der Waals surface area contributed by atoms with E-state index in [1.165, 1.54) is 12.8 Å². The maximum atomic E-state index is 5.78. The molecule has 6 rings (SSSR count). The van der Waals surface area contributed by atoms with Gasteiger partial charge in [0.1, 0.15) is 40.5 Å². The standard InChI is InChI=1S/C23H25N9O/c1-11-24-22-21(23(25-11)27-20-10-16(14-6-7-14)30-31(20)4)15-8-19(33-5)18(9-17(15)26-22)32-12(2)28-29-13(32)3/h8-10,14H,6-7H2,1-5H3,(H2,24,25,26,27). The molecule has 0 bridgehead atoms. The van der Waals surface area contributed by atoms with E-state index in [1.54, 1.807) is 7.11 Å². The zero-order valence-electron chi connectivity index (χ0n) is 19.3.